The first-order chi connectivity index (χ1) is 10.8. The Balaban J connectivity index is 1.94. The van der Waals surface area contributed by atoms with Gasteiger partial charge in [-0.1, -0.05) is 44.0 Å². The van der Waals surface area contributed by atoms with E-state index in [1.54, 1.807) is 0 Å². The molecule has 0 saturated heterocycles. The summed E-state index contributed by atoms with van der Waals surface area (Å²) in [6, 6.07) is 16.8. The Morgan fingerprint density at radius 3 is 2.73 bits per heavy atom. The molecule has 0 aliphatic carbocycles. The summed E-state index contributed by atoms with van der Waals surface area (Å²) >= 11 is 0. The van der Waals surface area contributed by atoms with Crippen LogP contribution in [0.2, 0.25) is 0 Å². The lowest BCUT2D eigenvalue weighted by atomic mass is 10.2. The Kier molecular flexibility index (Phi) is 4.42. The highest BCUT2D eigenvalue weighted by molar-refractivity contribution is 5.79. The van der Waals surface area contributed by atoms with Crippen molar-refractivity contribution >= 4 is 22.7 Å². The van der Waals surface area contributed by atoms with Crippen LogP contribution in [-0.2, 0) is 6.54 Å². The number of anilines is 2. The van der Waals surface area contributed by atoms with Gasteiger partial charge >= 0.3 is 0 Å². The zero-order valence-electron chi connectivity index (χ0n) is 13.3. The number of para-hydroxylation sites is 2. The molecule has 0 radical (unpaired) electrons. The number of aryl methyl sites for hydroxylation is 2. The Morgan fingerprint density at radius 1 is 1.05 bits per heavy atom. The summed E-state index contributed by atoms with van der Waals surface area (Å²) < 4.78 is 2.30. The molecular formula is C19H23N3. The van der Waals surface area contributed by atoms with Crippen LogP contribution in [0.3, 0.4) is 0 Å². The maximum atomic E-state index is 4.77. The van der Waals surface area contributed by atoms with E-state index < -0.39 is 0 Å². The maximum Gasteiger partial charge on any atom is 0.208 e. The fraction of sp³-hybridized carbons (Fsp3) is 0.316. The monoisotopic (exact) mass is 293 g/mol. The number of nitrogens with zero attached hydrogens (tertiary/aromatic N) is 2. The molecule has 0 atom stereocenters. The quantitative estimate of drug-likeness (QED) is 0.627. The SMILES string of the molecule is CCCCCn1c(Nc2cccc(C)c2)nc2ccccc21. The van der Waals surface area contributed by atoms with Gasteiger partial charge in [-0.2, -0.15) is 0 Å². The lowest BCUT2D eigenvalue weighted by molar-refractivity contribution is 0.618. The summed E-state index contributed by atoms with van der Waals surface area (Å²) in [6.07, 6.45) is 3.66. The zero-order chi connectivity index (χ0) is 15.4. The van der Waals surface area contributed by atoms with E-state index in [-0.39, 0.29) is 0 Å². The van der Waals surface area contributed by atoms with Gasteiger partial charge in [-0.05, 0) is 43.2 Å². The molecule has 0 fully saturated rings. The van der Waals surface area contributed by atoms with E-state index in [9.17, 15) is 0 Å². The van der Waals surface area contributed by atoms with Crippen molar-refractivity contribution in [2.75, 3.05) is 5.32 Å². The topological polar surface area (TPSA) is 29.9 Å². The van der Waals surface area contributed by atoms with Crippen molar-refractivity contribution in [3.05, 3.63) is 54.1 Å². The van der Waals surface area contributed by atoms with Crippen LogP contribution in [0.4, 0.5) is 11.6 Å². The number of unbranched alkanes of at least 4 members (excludes halogenated alkanes) is 2. The number of nitrogens with one attached hydrogen (secondary N) is 1. The van der Waals surface area contributed by atoms with Gasteiger partial charge in [0, 0.05) is 12.2 Å². The molecule has 0 bridgehead atoms. The van der Waals surface area contributed by atoms with Crippen molar-refractivity contribution in [3.63, 3.8) is 0 Å². The van der Waals surface area contributed by atoms with E-state index in [1.807, 2.05) is 6.07 Å². The number of hydrogen-bond donors (Lipinski definition) is 1. The molecule has 1 N–H and O–H groups in total. The molecule has 114 valence electrons. The molecule has 0 amide bonds. The average Bonchev–Trinajstić information content (AvgIpc) is 2.85. The van der Waals surface area contributed by atoms with Gasteiger partial charge in [-0.3, -0.25) is 0 Å². The van der Waals surface area contributed by atoms with Crippen LogP contribution in [-0.4, -0.2) is 9.55 Å². The molecule has 0 unspecified atom stereocenters. The predicted molar refractivity (Wildman–Crippen MR) is 93.7 cm³/mol. The fourth-order valence-electron chi connectivity index (χ4n) is 2.77. The Bertz CT molecular complexity index is 758. The van der Waals surface area contributed by atoms with Crippen LogP contribution in [0, 0.1) is 6.92 Å². The highest BCUT2D eigenvalue weighted by Gasteiger charge is 2.10. The molecule has 0 aliphatic rings. The number of hydrogen-bond acceptors (Lipinski definition) is 2. The Labute approximate surface area is 132 Å². The van der Waals surface area contributed by atoms with E-state index in [4.69, 9.17) is 4.98 Å². The lowest BCUT2D eigenvalue weighted by Gasteiger charge is -2.11. The first kappa shape index (κ1) is 14.6. The van der Waals surface area contributed by atoms with Gasteiger partial charge in [-0.25, -0.2) is 4.98 Å². The van der Waals surface area contributed by atoms with Crippen LogP contribution in [0.15, 0.2) is 48.5 Å². The van der Waals surface area contributed by atoms with Crippen LogP contribution in [0.1, 0.15) is 31.7 Å². The molecule has 1 aromatic heterocycles. The van der Waals surface area contributed by atoms with Crippen LogP contribution in [0.25, 0.3) is 11.0 Å². The second kappa shape index (κ2) is 6.65. The first-order valence-electron chi connectivity index (χ1n) is 8.07. The average molecular weight is 293 g/mol. The van der Waals surface area contributed by atoms with E-state index in [1.165, 1.54) is 30.3 Å². The minimum atomic E-state index is 0.933. The second-order valence-electron chi connectivity index (χ2n) is 5.78. The highest BCUT2D eigenvalue weighted by atomic mass is 15.2. The van der Waals surface area contributed by atoms with Gasteiger partial charge in [0.2, 0.25) is 5.95 Å². The fourth-order valence-corrected chi connectivity index (χ4v) is 2.77. The molecule has 0 aliphatic heterocycles. The van der Waals surface area contributed by atoms with E-state index in [2.05, 4.69) is 66.2 Å². The summed E-state index contributed by atoms with van der Waals surface area (Å²) in [5.41, 5.74) is 4.59. The van der Waals surface area contributed by atoms with E-state index in [0.29, 0.717) is 0 Å². The Hall–Kier alpha value is -2.29. The van der Waals surface area contributed by atoms with Crippen molar-refractivity contribution < 1.29 is 0 Å². The van der Waals surface area contributed by atoms with Crippen LogP contribution < -0.4 is 5.32 Å². The number of aromatic nitrogens is 2. The van der Waals surface area contributed by atoms with Crippen molar-refractivity contribution in [2.45, 2.75) is 39.7 Å². The minimum Gasteiger partial charge on any atom is -0.326 e. The number of imidazole rings is 1. The summed E-state index contributed by atoms with van der Waals surface area (Å²) in [7, 11) is 0. The van der Waals surface area contributed by atoms with Crippen molar-refractivity contribution in [1.82, 2.24) is 9.55 Å². The van der Waals surface area contributed by atoms with Gasteiger partial charge < -0.3 is 9.88 Å². The standard InChI is InChI=1S/C19H23N3/c1-3-4-7-13-22-18-12-6-5-11-17(18)21-19(22)20-16-10-8-9-15(2)14-16/h5-6,8-12,14H,3-4,7,13H2,1-2H3,(H,20,21). The lowest BCUT2D eigenvalue weighted by Crippen LogP contribution is -2.04. The smallest absolute Gasteiger partial charge is 0.208 e. The summed E-state index contributed by atoms with van der Waals surface area (Å²) in [5, 5.41) is 3.48. The molecular weight excluding hydrogens is 270 g/mol. The minimum absolute atomic E-state index is 0.933. The molecule has 3 aromatic rings. The van der Waals surface area contributed by atoms with Gasteiger partial charge in [0.1, 0.15) is 0 Å². The van der Waals surface area contributed by atoms with Crippen molar-refractivity contribution in [2.24, 2.45) is 0 Å². The van der Waals surface area contributed by atoms with Crippen LogP contribution in [0.5, 0.6) is 0 Å². The molecule has 0 spiro atoms. The zero-order valence-corrected chi connectivity index (χ0v) is 13.3. The molecule has 22 heavy (non-hydrogen) atoms. The predicted octanol–water partition coefficient (Wildman–Crippen LogP) is 5.28. The number of rotatable bonds is 6. The van der Waals surface area contributed by atoms with E-state index >= 15 is 0 Å². The highest BCUT2D eigenvalue weighted by Crippen LogP contribution is 2.24. The van der Waals surface area contributed by atoms with Gasteiger partial charge in [0.15, 0.2) is 0 Å². The number of benzene rings is 2. The molecule has 3 nitrogen and oxygen atoms in total. The second-order valence-corrected chi connectivity index (χ2v) is 5.78. The van der Waals surface area contributed by atoms with Gasteiger partial charge in [-0.15, -0.1) is 0 Å². The van der Waals surface area contributed by atoms with E-state index in [0.717, 1.165) is 23.7 Å². The Morgan fingerprint density at radius 2 is 1.91 bits per heavy atom. The van der Waals surface area contributed by atoms with Crippen molar-refractivity contribution in [3.8, 4) is 0 Å². The van der Waals surface area contributed by atoms with Crippen LogP contribution >= 0.6 is 0 Å². The van der Waals surface area contributed by atoms with Gasteiger partial charge in [0.05, 0.1) is 11.0 Å². The van der Waals surface area contributed by atoms with Crippen molar-refractivity contribution in [1.29, 1.82) is 0 Å². The third-order valence-electron chi connectivity index (χ3n) is 3.91. The summed E-state index contributed by atoms with van der Waals surface area (Å²) in [6.45, 7) is 5.34. The first-order valence-corrected chi connectivity index (χ1v) is 8.07. The van der Waals surface area contributed by atoms with Gasteiger partial charge in [0.25, 0.3) is 0 Å². The third kappa shape index (κ3) is 3.14. The molecule has 2 aromatic carbocycles. The largest absolute Gasteiger partial charge is 0.326 e. The molecule has 1 heterocycles. The summed E-state index contributed by atoms with van der Waals surface area (Å²) in [5.74, 6) is 0.933. The molecule has 3 heteroatoms. The third-order valence-corrected chi connectivity index (χ3v) is 3.91. The molecule has 3 rings (SSSR count). The summed E-state index contributed by atoms with van der Waals surface area (Å²) in [4.78, 5) is 4.77. The number of fused-ring (bicyclic) bond motifs is 1. The normalized spacial score (nSPS) is 11.0. The maximum absolute atomic E-state index is 4.77. The molecule has 0 saturated carbocycles.